The van der Waals surface area contributed by atoms with Crippen LogP contribution in [0.1, 0.15) is 35.6 Å². The van der Waals surface area contributed by atoms with Gasteiger partial charge in [0.1, 0.15) is 11.5 Å². The Balaban J connectivity index is 1.17. The summed E-state index contributed by atoms with van der Waals surface area (Å²) in [5.41, 5.74) is 3.91. The van der Waals surface area contributed by atoms with Gasteiger partial charge >= 0.3 is 0 Å². The molecule has 298 valence electrons. The SMILES string of the molecule is COc1ccc([Si](C)(C)[C@H]2[C@H](CC(=O)N3Cc4ccccc4C[C@H]3CO)O[C@@]3(C(=O)N(Cc4ccc(N5CCNCC5=O)cc4)c4ccc(OC)cc43)[C@@H]2C)cc1. The van der Waals surface area contributed by atoms with E-state index in [0.29, 0.717) is 38.3 Å². The monoisotopic (exact) mass is 788 g/mol. The van der Waals surface area contributed by atoms with E-state index < -0.39 is 19.8 Å². The Morgan fingerprint density at radius 2 is 1.65 bits per heavy atom. The molecular weight excluding hydrogens is 737 g/mol. The highest BCUT2D eigenvalue weighted by molar-refractivity contribution is 6.91. The van der Waals surface area contributed by atoms with E-state index in [1.165, 1.54) is 5.19 Å². The topological polar surface area (TPSA) is 121 Å². The first-order valence-corrected chi connectivity index (χ1v) is 23.0. The van der Waals surface area contributed by atoms with Crippen LogP contribution in [-0.4, -0.2) is 88.4 Å². The van der Waals surface area contributed by atoms with Crippen LogP contribution in [0.2, 0.25) is 18.6 Å². The molecule has 4 aliphatic rings. The lowest BCUT2D eigenvalue weighted by Gasteiger charge is -2.39. The van der Waals surface area contributed by atoms with Crippen molar-refractivity contribution in [1.29, 1.82) is 0 Å². The average molecular weight is 789 g/mol. The second-order valence-electron chi connectivity index (χ2n) is 16.4. The fourth-order valence-corrected chi connectivity index (χ4v) is 14.0. The minimum absolute atomic E-state index is 0.0293. The average Bonchev–Trinajstić information content (AvgIpc) is 3.66. The number of nitrogens with zero attached hydrogens (tertiary/aromatic N) is 3. The number of hydrogen-bond acceptors (Lipinski definition) is 8. The number of fused-ring (bicyclic) bond motifs is 3. The van der Waals surface area contributed by atoms with Gasteiger partial charge in [-0.05, 0) is 71.1 Å². The molecule has 5 atom stereocenters. The Hall–Kier alpha value is -5.01. The van der Waals surface area contributed by atoms with Crippen LogP contribution in [0, 0.1) is 5.92 Å². The van der Waals surface area contributed by atoms with E-state index in [1.54, 1.807) is 24.0 Å². The van der Waals surface area contributed by atoms with Gasteiger partial charge in [-0.25, -0.2) is 0 Å². The first-order chi connectivity index (χ1) is 27.5. The number of methoxy groups -OCH3 is 2. The van der Waals surface area contributed by atoms with Gasteiger partial charge in [0.05, 0.1) is 66.2 Å². The normalized spacial score (nSPS) is 24.5. The smallest absolute Gasteiger partial charge is 0.264 e. The Morgan fingerprint density at radius 3 is 2.33 bits per heavy atom. The third-order valence-corrected chi connectivity index (χ3v) is 17.3. The molecule has 11 nitrogen and oxygen atoms in total. The number of hydrogen-bond donors (Lipinski definition) is 2. The van der Waals surface area contributed by atoms with Gasteiger partial charge in [0.2, 0.25) is 11.8 Å². The Kier molecular flexibility index (Phi) is 10.5. The highest BCUT2D eigenvalue weighted by atomic mass is 28.3. The molecule has 2 saturated heterocycles. The summed E-state index contributed by atoms with van der Waals surface area (Å²) in [5, 5.41) is 14.8. The third-order valence-electron chi connectivity index (χ3n) is 13.0. The van der Waals surface area contributed by atoms with Crippen LogP contribution in [0.4, 0.5) is 11.4 Å². The van der Waals surface area contributed by atoms with Crippen molar-refractivity contribution in [2.45, 2.75) is 69.2 Å². The summed E-state index contributed by atoms with van der Waals surface area (Å²) in [6, 6.07) is 29.5. The maximum Gasteiger partial charge on any atom is 0.264 e. The van der Waals surface area contributed by atoms with E-state index in [4.69, 9.17) is 14.2 Å². The number of piperazine rings is 1. The number of carbonyl (C=O) groups is 3. The van der Waals surface area contributed by atoms with Crippen LogP contribution in [0.25, 0.3) is 0 Å². The molecule has 12 heteroatoms. The number of ether oxygens (including phenoxy) is 3. The van der Waals surface area contributed by atoms with E-state index in [0.717, 1.165) is 45.9 Å². The second kappa shape index (κ2) is 15.4. The number of amides is 3. The molecule has 0 unspecified atom stereocenters. The summed E-state index contributed by atoms with van der Waals surface area (Å²) in [6.07, 6.45) is 0.0554. The quantitative estimate of drug-likeness (QED) is 0.222. The number of rotatable bonds is 10. The summed E-state index contributed by atoms with van der Waals surface area (Å²) in [6.45, 7) is 8.93. The molecule has 0 radical (unpaired) electrons. The molecule has 1 spiro atoms. The fourth-order valence-electron chi connectivity index (χ4n) is 9.95. The van der Waals surface area contributed by atoms with Gasteiger partial charge in [-0.1, -0.05) is 73.7 Å². The molecule has 2 fully saturated rings. The van der Waals surface area contributed by atoms with Crippen LogP contribution in [0.5, 0.6) is 11.5 Å². The van der Waals surface area contributed by atoms with E-state index >= 15 is 4.79 Å². The van der Waals surface area contributed by atoms with Gasteiger partial charge in [-0.15, -0.1) is 0 Å². The van der Waals surface area contributed by atoms with Gasteiger partial charge in [0.15, 0.2) is 5.60 Å². The molecule has 3 amide bonds. The van der Waals surface area contributed by atoms with Gasteiger partial charge in [-0.3, -0.25) is 14.4 Å². The van der Waals surface area contributed by atoms with Gasteiger partial charge in [-0.2, -0.15) is 0 Å². The van der Waals surface area contributed by atoms with Crippen LogP contribution in [-0.2, 0) is 44.2 Å². The molecule has 0 bridgehead atoms. The molecule has 4 aliphatic heterocycles. The lowest BCUT2D eigenvalue weighted by atomic mass is 9.82. The van der Waals surface area contributed by atoms with Crippen molar-refractivity contribution in [1.82, 2.24) is 10.2 Å². The fraction of sp³-hybridized carbons (Fsp3) is 0.400. The predicted octanol–water partition coefficient (Wildman–Crippen LogP) is 4.74. The van der Waals surface area contributed by atoms with Crippen molar-refractivity contribution >= 4 is 42.4 Å². The van der Waals surface area contributed by atoms with Crippen molar-refractivity contribution in [2.24, 2.45) is 5.92 Å². The second-order valence-corrected chi connectivity index (χ2v) is 21.0. The highest BCUT2D eigenvalue weighted by Gasteiger charge is 2.66. The molecule has 2 N–H and O–H groups in total. The number of carbonyl (C=O) groups excluding carboxylic acids is 3. The number of nitrogens with one attached hydrogen (secondary N) is 1. The summed E-state index contributed by atoms with van der Waals surface area (Å²) in [5.74, 6) is 0.820. The number of aliphatic hydroxyl groups is 1. The standard InChI is InChI=1S/C45H52N4O7Si/c1-29-43(57(4,5)37-17-14-35(54-2)15-18-37)40(24-41(51)48-27-32-9-7-6-8-31(32)22-34(48)28-50)56-45(29)38-23-36(55-3)16-19-39(38)49(44(45)53)26-30-10-12-33(13-11-30)47-21-20-46-25-42(47)52/h6-19,23,29,34,40,43,46,50H,20-22,24-28H2,1-5H3/t29-,34+,40+,43-,45+/m1/s1. The number of anilines is 2. The van der Waals surface area contributed by atoms with E-state index in [9.17, 15) is 14.7 Å². The molecule has 0 aromatic heterocycles. The maximum absolute atomic E-state index is 15.4. The van der Waals surface area contributed by atoms with Crippen molar-refractivity contribution in [3.8, 4) is 11.5 Å². The van der Waals surface area contributed by atoms with Crippen LogP contribution in [0.15, 0.2) is 91.0 Å². The molecule has 0 saturated carbocycles. The zero-order valence-corrected chi connectivity index (χ0v) is 34.4. The molecule has 57 heavy (non-hydrogen) atoms. The van der Waals surface area contributed by atoms with Crippen LogP contribution < -0.4 is 29.8 Å². The molecular formula is C45H52N4O7Si. The largest absolute Gasteiger partial charge is 0.497 e. The molecule has 0 aliphatic carbocycles. The van der Waals surface area contributed by atoms with E-state index in [2.05, 4.69) is 43.5 Å². The van der Waals surface area contributed by atoms with Crippen molar-refractivity contribution in [3.05, 3.63) is 113 Å². The Morgan fingerprint density at radius 1 is 0.947 bits per heavy atom. The molecule has 4 aromatic carbocycles. The number of benzene rings is 4. The highest BCUT2D eigenvalue weighted by Crippen LogP contribution is 2.60. The van der Waals surface area contributed by atoms with E-state index in [-0.39, 0.29) is 48.3 Å². The zero-order valence-electron chi connectivity index (χ0n) is 33.4. The van der Waals surface area contributed by atoms with Crippen molar-refractivity contribution in [2.75, 3.05) is 50.3 Å². The predicted molar refractivity (Wildman–Crippen MR) is 222 cm³/mol. The lowest BCUT2D eigenvalue weighted by molar-refractivity contribution is -0.151. The number of aliphatic hydroxyl groups excluding tert-OH is 1. The third kappa shape index (κ3) is 6.71. The summed E-state index contributed by atoms with van der Waals surface area (Å²) in [7, 11) is 0.730. The summed E-state index contributed by atoms with van der Waals surface area (Å²) >= 11 is 0. The minimum atomic E-state index is -2.54. The summed E-state index contributed by atoms with van der Waals surface area (Å²) < 4.78 is 18.6. The van der Waals surface area contributed by atoms with Crippen LogP contribution in [0.3, 0.4) is 0 Å². The van der Waals surface area contributed by atoms with E-state index in [1.807, 2.05) is 77.7 Å². The minimum Gasteiger partial charge on any atom is -0.497 e. The first kappa shape index (κ1) is 38.8. The van der Waals surface area contributed by atoms with Crippen molar-refractivity contribution in [3.63, 3.8) is 0 Å². The van der Waals surface area contributed by atoms with Gasteiger partial charge in [0.25, 0.3) is 5.91 Å². The molecule has 4 aromatic rings. The Bertz CT molecular complexity index is 2160. The van der Waals surface area contributed by atoms with Crippen LogP contribution >= 0.6 is 0 Å². The van der Waals surface area contributed by atoms with Gasteiger partial charge in [0, 0.05) is 36.8 Å². The molecule has 4 heterocycles. The van der Waals surface area contributed by atoms with Crippen molar-refractivity contribution < 1.29 is 33.7 Å². The molecule has 8 rings (SSSR count). The maximum atomic E-state index is 15.4. The first-order valence-electron chi connectivity index (χ1n) is 19.9. The summed E-state index contributed by atoms with van der Waals surface area (Å²) in [4.78, 5) is 48.0. The zero-order chi connectivity index (χ0) is 40.1. The van der Waals surface area contributed by atoms with Gasteiger partial charge < -0.3 is 39.3 Å². The Labute approximate surface area is 335 Å². The lowest BCUT2D eigenvalue weighted by Crippen LogP contribution is -2.52.